The maximum absolute atomic E-state index is 10.3. The number of phenols is 2. The molecule has 2 aromatic rings. The van der Waals surface area contributed by atoms with Crippen LogP contribution in [0.4, 0.5) is 0 Å². The van der Waals surface area contributed by atoms with Gasteiger partial charge in [0, 0.05) is 0 Å². The van der Waals surface area contributed by atoms with E-state index in [-0.39, 0.29) is 22.6 Å². The van der Waals surface area contributed by atoms with Crippen LogP contribution in [0.1, 0.15) is 178 Å². The molecular formula is C46H84O6P2. The number of hydrogen-bond acceptors (Lipinski definition) is 4. The topological polar surface area (TPSA) is 115 Å². The summed E-state index contributed by atoms with van der Waals surface area (Å²) in [5.74, 6) is -2.62. The molecule has 0 saturated carbocycles. The zero-order valence-electron chi connectivity index (χ0n) is 35.6. The molecule has 54 heavy (non-hydrogen) atoms. The third kappa shape index (κ3) is 23.7. The predicted octanol–water partition coefficient (Wildman–Crippen LogP) is 13.8. The van der Waals surface area contributed by atoms with E-state index in [2.05, 4.69) is 41.5 Å². The van der Waals surface area contributed by atoms with Gasteiger partial charge in [0.25, 0.3) is 0 Å². The molecule has 0 radical (unpaired) electrons. The average Bonchev–Trinajstić information content (AvgIpc) is 3.17. The van der Waals surface area contributed by atoms with Gasteiger partial charge in [-0.2, -0.15) is 0 Å². The van der Waals surface area contributed by atoms with Crippen molar-refractivity contribution in [2.24, 2.45) is 0 Å². The number of rotatable bonds is 29. The van der Waals surface area contributed by atoms with E-state index in [1.807, 2.05) is 0 Å². The van der Waals surface area contributed by atoms with Crippen LogP contribution in [0.2, 0.25) is 0 Å². The Balaban J connectivity index is 0.00000112. The van der Waals surface area contributed by atoms with Gasteiger partial charge in [0.15, 0.2) is 0 Å². The smallest absolute Gasteiger partial charge is 0.339 e. The summed E-state index contributed by atoms with van der Waals surface area (Å²) in [4.78, 5) is 20.5. The Labute approximate surface area is 333 Å². The monoisotopic (exact) mass is 795 g/mol. The van der Waals surface area contributed by atoms with Crippen LogP contribution in [0.15, 0.2) is 48.5 Å². The van der Waals surface area contributed by atoms with Crippen LogP contribution in [0.25, 0.3) is 0 Å². The van der Waals surface area contributed by atoms with Crippen molar-refractivity contribution < 1.29 is 30.0 Å². The van der Waals surface area contributed by atoms with E-state index < -0.39 is 26.5 Å². The van der Waals surface area contributed by atoms with Crippen LogP contribution in [0.3, 0.4) is 0 Å². The quantitative estimate of drug-likeness (QED) is 0.0481. The zero-order valence-corrected chi connectivity index (χ0v) is 37.6. The van der Waals surface area contributed by atoms with Crippen LogP contribution in [-0.4, -0.2) is 81.7 Å². The Kier molecular flexibility index (Phi) is 31.7. The molecule has 0 aromatic heterocycles. The van der Waals surface area contributed by atoms with Gasteiger partial charge in [0.2, 0.25) is 0 Å². The van der Waals surface area contributed by atoms with Gasteiger partial charge in [-0.15, -0.1) is 0 Å². The molecule has 0 fully saturated rings. The molecule has 6 nitrogen and oxygen atoms in total. The molecular weight excluding hydrogens is 710 g/mol. The molecule has 0 aliphatic rings. The normalized spacial score (nSPS) is 11.9. The van der Waals surface area contributed by atoms with Crippen LogP contribution in [-0.2, 0) is 0 Å². The van der Waals surface area contributed by atoms with Gasteiger partial charge in [-0.3, -0.25) is 0 Å². The number of carbonyl (C=O) groups is 2. The number of unbranched alkanes of at least 4 members (excludes halogenated alkanes) is 11. The molecule has 0 saturated heterocycles. The van der Waals surface area contributed by atoms with E-state index >= 15 is 0 Å². The molecule has 8 heteroatoms. The third-order valence-electron chi connectivity index (χ3n) is 11.3. The second-order valence-electron chi connectivity index (χ2n) is 15.9. The minimum absolute atomic E-state index is 0.0671. The van der Waals surface area contributed by atoms with Crippen molar-refractivity contribution in [3.63, 3.8) is 0 Å². The van der Waals surface area contributed by atoms with Crippen molar-refractivity contribution in [2.45, 2.75) is 157 Å². The number of carboxylic acids is 2. The number of aromatic carboxylic acids is 2. The van der Waals surface area contributed by atoms with Crippen LogP contribution >= 0.6 is 14.5 Å². The summed E-state index contributed by atoms with van der Waals surface area (Å²) in [7, 11) is -1.98. The van der Waals surface area contributed by atoms with Gasteiger partial charge in [0.1, 0.15) is 22.6 Å². The Hall–Kier alpha value is -2.16. The van der Waals surface area contributed by atoms with Gasteiger partial charge in [-0.05, 0) is 24.3 Å². The molecule has 0 aliphatic heterocycles. The summed E-state index contributed by atoms with van der Waals surface area (Å²) in [6.45, 7) is 14.4. The van der Waals surface area contributed by atoms with Crippen LogP contribution < -0.4 is 0 Å². The van der Waals surface area contributed by atoms with Gasteiger partial charge in [-0.1, -0.05) is 24.3 Å². The van der Waals surface area contributed by atoms with Gasteiger partial charge >= 0.3 is 233 Å². The molecule has 2 rings (SSSR count). The Bertz CT molecular complexity index is 1080. The van der Waals surface area contributed by atoms with E-state index in [9.17, 15) is 9.59 Å². The van der Waals surface area contributed by atoms with E-state index in [4.69, 9.17) is 20.4 Å². The Morgan fingerprint density at radius 2 is 0.611 bits per heavy atom. The maximum atomic E-state index is 10.3. The first-order valence-corrected chi connectivity index (χ1v) is 27.7. The Morgan fingerprint density at radius 3 is 0.815 bits per heavy atom. The third-order valence-corrected chi connectivity index (χ3v) is 22.6. The first-order valence-electron chi connectivity index (χ1n) is 22.0. The number of hydrogen-bond donors (Lipinski definition) is 4. The predicted molar refractivity (Wildman–Crippen MR) is 243 cm³/mol. The molecule has 2 aromatic carbocycles. The Morgan fingerprint density at radius 1 is 0.389 bits per heavy atom. The molecule has 0 heterocycles. The number of aromatic hydroxyl groups is 2. The van der Waals surface area contributed by atoms with Crippen molar-refractivity contribution in [3.05, 3.63) is 59.7 Å². The summed E-state index contributed by atoms with van der Waals surface area (Å²) in [5.41, 5.74) is -0.134. The number of benzene rings is 2. The van der Waals surface area contributed by atoms with E-state index in [1.54, 1.807) is 86.4 Å². The second kappa shape index (κ2) is 33.0. The van der Waals surface area contributed by atoms with Crippen LogP contribution in [0.5, 0.6) is 11.5 Å². The second-order valence-corrected chi connectivity index (χ2v) is 25.9. The summed E-state index contributed by atoms with van der Waals surface area (Å²) in [5, 5.41) is 34.6. The van der Waals surface area contributed by atoms with Gasteiger partial charge < -0.3 is 20.4 Å². The minimum Gasteiger partial charge on any atom is -0.507 e. The molecule has 0 bridgehead atoms. The first kappa shape index (κ1) is 51.8. The van der Waals surface area contributed by atoms with Gasteiger partial charge in [-0.25, -0.2) is 9.59 Å². The summed E-state index contributed by atoms with van der Waals surface area (Å²) >= 11 is 0. The van der Waals surface area contributed by atoms with Crippen molar-refractivity contribution >= 4 is 26.5 Å². The van der Waals surface area contributed by atoms with Crippen molar-refractivity contribution in [1.82, 2.24) is 0 Å². The molecule has 314 valence electrons. The van der Waals surface area contributed by atoms with Crippen LogP contribution in [0, 0.1) is 0 Å². The fraction of sp³-hybridized carbons (Fsp3) is 0.696. The largest absolute Gasteiger partial charge is 0.507 e. The molecule has 0 aliphatic carbocycles. The van der Waals surface area contributed by atoms with Crippen molar-refractivity contribution in [3.8, 4) is 11.5 Å². The summed E-state index contributed by atoms with van der Waals surface area (Å²) in [6.07, 6.45) is 39.9. The average molecular weight is 795 g/mol. The van der Waals surface area contributed by atoms with E-state index in [0.29, 0.717) is 0 Å². The number of para-hydroxylation sites is 2. The molecule has 0 spiro atoms. The first-order chi connectivity index (χ1) is 26.0. The summed E-state index contributed by atoms with van der Waals surface area (Å²) in [6, 6.07) is 11.6. The van der Waals surface area contributed by atoms with E-state index in [1.165, 1.54) is 127 Å². The van der Waals surface area contributed by atoms with Gasteiger partial charge in [0.05, 0.1) is 0 Å². The molecule has 0 unspecified atom stereocenters. The fourth-order valence-corrected chi connectivity index (χ4v) is 19.4. The van der Waals surface area contributed by atoms with E-state index in [0.717, 1.165) is 0 Å². The van der Waals surface area contributed by atoms with Crippen molar-refractivity contribution in [1.29, 1.82) is 0 Å². The van der Waals surface area contributed by atoms with Crippen molar-refractivity contribution in [2.75, 3.05) is 49.3 Å². The summed E-state index contributed by atoms with van der Waals surface area (Å²) < 4.78 is 0. The molecule has 0 atom stereocenters. The molecule has 0 amide bonds. The SMILES string of the molecule is CCCC[PH](CCCC)(CCCC)CCCCCCCC[PH](CCCC)(CCCC)CCCC.O=C(O)c1ccccc1O.O=C(O)c1ccccc1O. The fourth-order valence-electron chi connectivity index (χ4n) is 7.83. The zero-order chi connectivity index (χ0) is 40.5. The standard InChI is InChI=1S/C32H72P2.2C7H6O3/c1-7-13-25-33(26-14-8-2,27-15-9-3)31-23-21-19-20-22-24-32-34(28-16-10-4,29-17-11-5)30-18-12-6;2*8-6-4-2-1-3-5(6)7(9)10/h33-34H,7-32H2,1-6H3;2*1-4,8H,(H,9,10). The minimum atomic E-state index is -1.11. The maximum Gasteiger partial charge on any atom is 0.339 e. The molecule has 4 N–H and O–H groups in total. The number of carboxylic acid groups (broad SMARTS) is 2.